The van der Waals surface area contributed by atoms with Crippen LogP contribution in [-0.4, -0.2) is 30.8 Å². The maximum absolute atomic E-state index is 11.0. The van der Waals surface area contributed by atoms with Crippen molar-refractivity contribution >= 4 is 11.7 Å². The molecule has 19 heavy (non-hydrogen) atoms. The minimum absolute atomic E-state index is 0.148. The van der Waals surface area contributed by atoms with Crippen molar-refractivity contribution < 1.29 is 14.8 Å². The highest BCUT2D eigenvalue weighted by molar-refractivity contribution is 5.89. The minimum atomic E-state index is -1.22. The molecule has 0 amide bonds. The zero-order valence-corrected chi connectivity index (χ0v) is 10.2. The molecule has 0 radical (unpaired) electrons. The number of carbonyl (C=O) groups is 1. The van der Waals surface area contributed by atoms with Gasteiger partial charge in [0.2, 0.25) is 0 Å². The molecule has 98 valence electrons. The van der Waals surface area contributed by atoms with Crippen LogP contribution in [0.3, 0.4) is 0 Å². The van der Waals surface area contributed by atoms with E-state index < -0.39 is 10.9 Å². The van der Waals surface area contributed by atoms with E-state index in [1.807, 2.05) is 0 Å². The molecule has 1 aromatic heterocycles. The Labute approximate surface area is 107 Å². The standard InChI is InChI=1S/C11H10N4O4/c1-6-12-7(2)14(13-6)9-4-3-8(11(16)17)5-10(9)15(18)19/h3-5H,1-2H3,(H,16,17). The fourth-order valence-electron chi connectivity index (χ4n) is 1.73. The summed E-state index contributed by atoms with van der Waals surface area (Å²) >= 11 is 0. The first-order chi connectivity index (χ1) is 8.90. The van der Waals surface area contributed by atoms with E-state index in [0.29, 0.717) is 11.6 Å². The lowest BCUT2D eigenvalue weighted by Gasteiger charge is -2.05. The van der Waals surface area contributed by atoms with Gasteiger partial charge in [0.05, 0.1) is 10.5 Å². The van der Waals surface area contributed by atoms with Crippen molar-refractivity contribution in [2.45, 2.75) is 13.8 Å². The van der Waals surface area contributed by atoms with Gasteiger partial charge < -0.3 is 5.11 Å². The summed E-state index contributed by atoms with van der Waals surface area (Å²) in [5.41, 5.74) is -0.286. The third kappa shape index (κ3) is 2.28. The first kappa shape index (κ1) is 12.7. The number of aryl methyl sites for hydroxylation is 2. The Morgan fingerprint density at radius 1 is 1.42 bits per heavy atom. The Bertz CT molecular complexity index is 677. The molecule has 0 spiro atoms. The molecule has 8 nitrogen and oxygen atoms in total. The van der Waals surface area contributed by atoms with Crippen LogP contribution >= 0.6 is 0 Å². The van der Waals surface area contributed by atoms with Gasteiger partial charge in [-0.2, -0.15) is 5.10 Å². The molecule has 0 fully saturated rings. The third-order valence-electron chi connectivity index (χ3n) is 2.52. The predicted molar refractivity (Wildman–Crippen MR) is 64.4 cm³/mol. The number of nitrogens with zero attached hydrogens (tertiary/aromatic N) is 4. The molecule has 0 unspecified atom stereocenters. The van der Waals surface area contributed by atoms with E-state index in [0.717, 1.165) is 6.07 Å². The molecule has 0 atom stereocenters. The lowest BCUT2D eigenvalue weighted by Crippen LogP contribution is -2.06. The van der Waals surface area contributed by atoms with Crippen LogP contribution < -0.4 is 0 Å². The van der Waals surface area contributed by atoms with Gasteiger partial charge in [0.25, 0.3) is 5.69 Å². The SMILES string of the molecule is Cc1nc(C)n(-c2ccc(C(=O)O)cc2[N+](=O)[O-])n1. The van der Waals surface area contributed by atoms with Crippen molar-refractivity contribution in [3.05, 3.63) is 45.5 Å². The Kier molecular flexibility index (Phi) is 2.99. The van der Waals surface area contributed by atoms with Crippen LogP contribution in [0.5, 0.6) is 0 Å². The van der Waals surface area contributed by atoms with Crippen molar-refractivity contribution in [3.8, 4) is 5.69 Å². The molecule has 2 aromatic rings. The van der Waals surface area contributed by atoms with Gasteiger partial charge in [-0.15, -0.1) is 0 Å². The van der Waals surface area contributed by atoms with Gasteiger partial charge in [0.1, 0.15) is 17.3 Å². The number of hydrogen-bond acceptors (Lipinski definition) is 5. The van der Waals surface area contributed by atoms with E-state index in [1.54, 1.807) is 13.8 Å². The Balaban J connectivity index is 2.66. The molecular formula is C11H10N4O4. The molecule has 0 bridgehead atoms. The van der Waals surface area contributed by atoms with Crippen molar-refractivity contribution in [1.82, 2.24) is 14.8 Å². The van der Waals surface area contributed by atoms with Gasteiger partial charge >= 0.3 is 5.97 Å². The van der Waals surface area contributed by atoms with Crippen LogP contribution in [0, 0.1) is 24.0 Å². The number of aromatic carboxylic acids is 1. The number of rotatable bonds is 3. The fourth-order valence-corrected chi connectivity index (χ4v) is 1.73. The minimum Gasteiger partial charge on any atom is -0.478 e. The number of carboxylic acids is 1. The zero-order valence-electron chi connectivity index (χ0n) is 10.2. The van der Waals surface area contributed by atoms with Gasteiger partial charge in [-0.05, 0) is 26.0 Å². The molecule has 1 heterocycles. The number of carboxylic acid groups (broad SMARTS) is 1. The van der Waals surface area contributed by atoms with E-state index in [4.69, 9.17) is 5.11 Å². The van der Waals surface area contributed by atoms with Crippen molar-refractivity contribution in [3.63, 3.8) is 0 Å². The summed E-state index contributed by atoms with van der Waals surface area (Å²) in [6.07, 6.45) is 0. The molecule has 0 aliphatic carbocycles. The molecule has 0 aliphatic rings. The van der Waals surface area contributed by atoms with Crippen LogP contribution in [0.15, 0.2) is 18.2 Å². The van der Waals surface area contributed by atoms with Crippen LogP contribution in [0.2, 0.25) is 0 Å². The number of nitro benzene ring substituents is 1. The van der Waals surface area contributed by atoms with Gasteiger partial charge in [-0.25, -0.2) is 14.5 Å². The van der Waals surface area contributed by atoms with Gasteiger partial charge in [0.15, 0.2) is 0 Å². The van der Waals surface area contributed by atoms with E-state index in [1.165, 1.54) is 16.8 Å². The highest BCUT2D eigenvalue weighted by Gasteiger charge is 2.20. The summed E-state index contributed by atoms with van der Waals surface area (Å²) in [7, 11) is 0. The second kappa shape index (κ2) is 4.48. The monoisotopic (exact) mass is 262 g/mol. The van der Waals surface area contributed by atoms with Gasteiger partial charge in [-0.3, -0.25) is 10.1 Å². The topological polar surface area (TPSA) is 111 Å². The smallest absolute Gasteiger partial charge is 0.335 e. The van der Waals surface area contributed by atoms with Crippen molar-refractivity contribution in [1.29, 1.82) is 0 Å². The number of benzene rings is 1. The first-order valence-corrected chi connectivity index (χ1v) is 5.32. The van der Waals surface area contributed by atoms with Crippen LogP contribution in [0.25, 0.3) is 5.69 Å². The lowest BCUT2D eigenvalue weighted by molar-refractivity contribution is -0.384. The number of hydrogen-bond donors (Lipinski definition) is 1. The zero-order chi connectivity index (χ0) is 14.2. The molecule has 8 heteroatoms. The lowest BCUT2D eigenvalue weighted by atomic mass is 10.1. The largest absolute Gasteiger partial charge is 0.478 e. The molecule has 2 rings (SSSR count). The average molecular weight is 262 g/mol. The first-order valence-electron chi connectivity index (χ1n) is 5.32. The molecule has 0 saturated heterocycles. The maximum Gasteiger partial charge on any atom is 0.335 e. The number of nitro groups is 1. The summed E-state index contributed by atoms with van der Waals surface area (Å²) in [5.74, 6) is -0.251. The summed E-state index contributed by atoms with van der Waals surface area (Å²) in [6.45, 7) is 3.33. The summed E-state index contributed by atoms with van der Waals surface area (Å²) < 4.78 is 1.32. The van der Waals surface area contributed by atoms with Crippen molar-refractivity contribution in [2.24, 2.45) is 0 Å². The average Bonchev–Trinajstić information content (AvgIpc) is 2.67. The van der Waals surface area contributed by atoms with Gasteiger partial charge in [-0.1, -0.05) is 0 Å². The van der Waals surface area contributed by atoms with Crippen LogP contribution in [0.1, 0.15) is 22.0 Å². The highest BCUT2D eigenvalue weighted by atomic mass is 16.6. The Hall–Kier alpha value is -2.77. The molecule has 0 saturated carbocycles. The van der Waals surface area contributed by atoms with Crippen LogP contribution in [0.4, 0.5) is 5.69 Å². The quantitative estimate of drug-likeness (QED) is 0.662. The molecule has 1 aromatic carbocycles. The van der Waals surface area contributed by atoms with Crippen LogP contribution in [-0.2, 0) is 0 Å². The normalized spacial score (nSPS) is 10.4. The van der Waals surface area contributed by atoms with E-state index >= 15 is 0 Å². The maximum atomic E-state index is 11.0. The third-order valence-corrected chi connectivity index (χ3v) is 2.52. The number of aromatic nitrogens is 3. The fraction of sp³-hybridized carbons (Fsp3) is 0.182. The van der Waals surface area contributed by atoms with E-state index in [2.05, 4.69) is 10.1 Å². The molecular weight excluding hydrogens is 252 g/mol. The van der Waals surface area contributed by atoms with Crippen molar-refractivity contribution in [2.75, 3.05) is 0 Å². The molecule has 0 aliphatic heterocycles. The summed E-state index contributed by atoms with van der Waals surface area (Å²) in [4.78, 5) is 25.3. The highest BCUT2D eigenvalue weighted by Crippen LogP contribution is 2.24. The summed E-state index contributed by atoms with van der Waals surface area (Å²) in [5, 5.41) is 23.9. The Morgan fingerprint density at radius 3 is 2.58 bits per heavy atom. The summed E-state index contributed by atoms with van der Waals surface area (Å²) in [6, 6.07) is 3.65. The predicted octanol–water partition coefficient (Wildman–Crippen LogP) is 1.49. The van der Waals surface area contributed by atoms with E-state index in [9.17, 15) is 14.9 Å². The van der Waals surface area contributed by atoms with Gasteiger partial charge in [0, 0.05) is 6.07 Å². The Morgan fingerprint density at radius 2 is 2.11 bits per heavy atom. The second-order valence-corrected chi connectivity index (χ2v) is 3.88. The second-order valence-electron chi connectivity index (χ2n) is 3.88. The van der Waals surface area contributed by atoms with E-state index in [-0.39, 0.29) is 16.9 Å². The molecule has 1 N–H and O–H groups in total.